The molecule has 14 heavy (non-hydrogen) atoms. The van der Waals surface area contributed by atoms with Gasteiger partial charge in [0.25, 0.3) is 0 Å². The predicted molar refractivity (Wildman–Crippen MR) is 57.9 cm³/mol. The van der Waals surface area contributed by atoms with Gasteiger partial charge in [0, 0.05) is 6.92 Å². The second-order valence-corrected chi connectivity index (χ2v) is 2.94. The lowest BCUT2D eigenvalue weighted by Crippen LogP contribution is -2.11. The molecule has 0 N–H and O–H groups in total. The van der Waals surface area contributed by atoms with E-state index in [1.807, 2.05) is 32.9 Å². The zero-order valence-electron chi connectivity index (χ0n) is 9.33. The molecule has 0 aliphatic carbocycles. The van der Waals surface area contributed by atoms with Gasteiger partial charge in [0.2, 0.25) is 6.29 Å². The van der Waals surface area contributed by atoms with Crippen LogP contribution in [0.4, 0.5) is 0 Å². The molecule has 2 heteroatoms. The quantitative estimate of drug-likeness (QED) is 0.682. The molecule has 0 saturated carbocycles. The van der Waals surface area contributed by atoms with E-state index >= 15 is 0 Å². The van der Waals surface area contributed by atoms with E-state index in [0.29, 0.717) is 0 Å². The molecule has 0 saturated heterocycles. The minimum atomic E-state index is -0.132. The molecule has 1 aliphatic rings. The van der Waals surface area contributed by atoms with Crippen molar-refractivity contribution in [3.05, 3.63) is 23.8 Å². The van der Waals surface area contributed by atoms with Crippen molar-refractivity contribution < 1.29 is 9.47 Å². The Balaban J connectivity index is 0.000000461. The summed E-state index contributed by atoms with van der Waals surface area (Å²) < 4.78 is 10.8. The maximum absolute atomic E-state index is 5.43. The number of hydrogen-bond acceptors (Lipinski definition) is 2. The van der Waals surface area contributed by atoms with Gasteiger partial charge in [-0.05, 0) is 24.1 Å². The van der Waals surface area contributed by atoms with Gasteiger partial charge in [0.1, 0.15) is 0 Å². The first-order valence-corrected chi connectivity index (χ1v) is 5.26. The van der Waals surface area contributed by atoms with Crippen LogP contribution in [0.5, 0.6) is 11.5 Å². The van der Waals surface area contributed by atoms with Crippen molar-refractivity contribution in [2.24, 2.45) is 0 Å². The number of rotatable bonds is 1. The molecule has 0 spiro atoms. The van der Waals surface area contributed by atoms with E-state index in [9.17, 15) is 0 Å². The summed E-state index contributed by atoms with van der Waals surface area (Å²) in [6.07, 6.45) is 0.900. The minimum Gasteiger partial charge on any atom is -0.451 e. The topological polar surface area (TPSA) is 18.5 Å². The third-order valence-corrected chi connectivity index (χ3v) is 2.00. The fraction of sp³-hybridized carbons (Fsp3) is 0.500. The van der Waals surface area contributed by atoms with Gasteiger partial charge in [-0.15, -0.1) is 0 Å². The molecule has 78 valence electrons. The van der Waals surface area contributed by atoms with Crippen LogP contribution >= 0.6 is 0 Å². The van der Waals surface area contributed by atoms with Crippen molar-refractivity contribution >= 4 is 0 Å². The maximum atomic E-state index is 5.43. The second kappa shape index (κ2) is 4.89. The third-order valence-electron chi connectivity index (χ3n) is 2.00. The zero-order chi connectivity index (χ0) is 10.6. The Kier molecular flexibility index (Phi) is 3.81. The van der Waals surface area contributed by atoms with Gasteiger partial charge in [-0.2, -0.15) is 0 Å². The number of benzene rings is 1. The highest BCUT2D eigenvalue weighted by molar-refractivity contribution is 5.44. The zero-order valence-corrected chi connectivity index (χ0v) is 9.33. The fourth-order valence-electron chi connectivity index (χ4n) is 1.34. The van der Waals surface area contributed by atoms with Gasteiger partial charge in [-0.1, -0.05) is 26.8 Å². The number of ether oxygens (including phenoxy) is 2. The third kappa shape index (κ3) is 2.19. The summed E-state index contributed by atoms with van der Waals surface area (Å²) in [6, 6.07) is 6.08. The number of hydrogen-bond donors (Lipinski definition) is 0. The Morgan fingerprint density at radius 2 is 1.79 bits per heavy atom. The monoisotopic (exact) mass is 194 g/mol. The maximum Gasteiger partial charge on any atom is 0.238 e. The Morgan fingerprint density at radius 3 is 2.43 bits per heavy atom. The summed E-state index contributed by atoms with van der Waals surface area (Å²) >= 11 is 0. The molecule has 0 fully saturated rings. The van der Waals surface area contributed by atoms with Gasteiger partial charge in [0.15, 0.2) is 11.5 Å². The van der Waals surface area contributed by atoms with Gasteiger partial charge < -0.3 is 9.47 Å². The highest BCUT2D eigenvalue weighted by Crippen LogP contribution is 2.35. The van der Waals surface area contributed by atoms with Crippen molar-refractivity contribution in [3.63, 3.8) is 0 Å². The van der Waals surface area contributed by atoms with Crippen molar-refractivity contribution in [2.45, 2.75) is 40.4 Å². The molecule has 1 atom stereocenters. The minimum absolute atomic E-state index is 0.132. The molecule has 2 nitrogen and oxygen atoms in total. The van der Waals surface area contributed by atoms with Crippen molar-refractivity contribution in [3.8, 4) is 11.5 Å². The predicted octanol–water partition coefficient (Wildman–Crippen LogP) is 3.39. The van der Waals surface area contributed by atoms with E-state index in [0.717, 1.165) is 17.9 Å². The Hall–Kier alpha value is -1.18. The lowest BCUT2D eigenvalue weighted by molar-refractivity contribution is 0.0678. The average molecular weight is 194 g/mol. The van der Waals surface area contributed by atoms with Crippen molar-refractivity contribution in [2.75, 3.05) is 0 Å². The Labute approximate surface area is 85.8 Å². The molecule has 1 aromatic carbocycles. The van der Waals surface area contributed by atoms with E-state index in [1.165, 1.54) is 5.56 Å². The first-order valence-electron chi connectivity index (χ1n) is 5.26. The molecule has 0 amide bonds. The number of aryl methyl sites for hydroxylation is 1. The first-order chi connectivity index (χ1) is 6.79. The van der Waals surface area contributed by atoms with Crippen LogP contribution < -0.4 is 9.47 Å². The van der Waals surface area contributed by atoms with E-state index in [4.69, 9.17) is 9.47 Å². The highest BCUT2D eigenvalue weighted by Gasteiger charge is 2.19. The molecule has 1 aliphatic heterocycles. The van der Waals surface area contributed by atoms with Crippen LogP contribution in [0.1, 0.15) is 33.3 Å². The summed E-state index contributed by atoms with van der Waals surface area (Å²) in [7, 11) is 0. The van der Waals surface area contributed by atoms with Crippen LogP contribution in [0.15, 0.2) is 18.2 Å². The Morgan fingerprint density at radius 1 is 1.14 bits per heavy atom. The van der Waals surface area contributed by atoms with E-state index in [-0.39, 0.29) is 6.29 Å². The van der Waals surface area contributed by atoms with Crippen LogP contribution in [-0.4, -0.2) is 6.29 Å². The standard InChI is InChI=1S/C10H12O2.C2H6/c1-3-8-4-5-9-10(6-8)12-7(2)11-9;1-2/h4-7H,3H2,1-2H3;1-2H3. The molecule has 0 bridgehead atoms. The van der Waals surface area contributed by atoms with E-state index < -0.39 is 0 Å². The molecule has 1 unspecified atom stereocenters. The second-order valence-electron chi connectivity index (χ2n) is 2.94. The summed E-state index contributed by atoms with van der Waals surface area (Å²) in [5.41, 5.74) is 1.28. The molecular weight excluding hydrogens is 176 g/mol. The van der Waals surface area contributed by atoms with Crippen LogP contribution in [0.25, 0.3) is 0 Å². The summed E-state index contributed by atoms with van der Waals surface area (Å²) in [5.74, 6) is 1.74. The van der Waals surface area contributed by atoms with Gasteiger partial charge in [-0.25, -0.2) is 0 Å². The highest BCUT2D eigenvalue weighted by atomic mass is 16.7. The van der Waals surface area contributed by atoms with Crippen LogP contribution in [0.2, 0.25) is 0 Å². The lowest BCUT2D eigenvalue weighted by atomic mass is 10.1. The van der Waals surface area contributed by atoms with Crippen LogP contribution in [-0.2, 0) is 6.42 Å². The molecule has 0 aromatic heterocycles. The van der Waals surface area contributed by atoms with Crippen LogP contribution in [0, 0.1) is 0 Å². The molecule has 1 heterocycles. The lowest BCUT2D eigenvalue weighted by Gasteiger charge is -1.99. The summed E-state index contributed by atoms with van der Waals surface area (Å²) in [5, 5.41) is 0. The average Bonchev–Trinajstić information content (AvgIpc) is 2.59. The van der Waals surface area contributed by atoms with Gasteiger partial charge in [0.05, 0.1) is 0 Å². The fourth-order valence-corrected chi connectivity index (χ4v) is 1.34. The first kappa shape index (κ1) is 10.9. The van der Waals surface area contributed by atoms with Crippen molar-refractivity contribution in [1.29, 1.82) is 0 Å². The molecule has 0 radical (unpaired) electrons. The summed E-state index contributed by atoms with van der Waals surface area (Å²) in [6.45, 7) is 8.02. The smallest absolute Gasteiger partial charge is 0.238 e. The normalized spacial score (nSPS) is 17.3. The SMILES string of the molecule is CC.CCc1ccc2c(c1)OC(C)O2. The Bertz CT molecular complexity index is 294. The van der Waals surface area contributed by atoms with E-state index in [2.05, 4.69) is 13.0 Å². The van der Waals surface area contributed by atoms with Crippen LogP contribution in [0.3, 0.4) is 0 Å². The largest absolute Gasteiger partial charge is 0.451 e. The summed E-state index contributed by atoms with van der Waals surface area (Å²) in [4.78, 5) is 0. The van der Waals surface area contributed by atoms with E-state index in [1.54, 1.807) is 0 Å². The number of fused-ring (bicyclic) bond motifs is 1. The van der Waals surface area contributed by atoms with Gasteiger partial charge in [-0.3, -0.25) is 0 Å². The van der Waals surface area contributed by atoms with Crippen molar-refractivity contribution in [1.82, 2.24) is 0 Å². The molecule has 1 aromatic rings. The van der Waals surface area contributed by atoms with Gasteiger partial charge >= 0.3 is 0 Å². The molecular formula is C12H18O2. The molecule has 2 rings (SSSR count).